The summed E-state index contributed by atoms with van der Waals surface area (Å²) in [6.07, 6.45) is 1.46. The molecule has 0 saturated heterocycles. The zero-order valence-electron chi connectivity index (χ0n) is 17.6. The number of amides is 1. The summed E-state index contributed by atoms with van der Waals surface area (Å²) in [5.74, 6) is 0.126. The second-order valence-corrected chi connectivity index (χ2v) is 10.2. The van der Waals surface area contributed by atoms with Gasteiger partial charge in [-0.05, 0) is 71.8 Å². The molecule has 10 heteroatoms. The van der Waals surface area contributed by atoms with Crippen LogP contribution in [0.2, 0.25) is 5.02 Å². The van der Waals surface area contributed by atoms with Crippen LogP contribution in [0.3, 0.4) is 0 Å². The van der Waals surface area contributed by atoms with E-state index >= 15 is 0 Å². The average Bonchev–Trinajstić information content (AvgIpc) is 2.81. The van der Waals surface area contributed by atoms with Gasteiger partial charge < -0.3 is 4.74 Å². The third-order valence-corrected chi connectivity index (χ3v) is 7.15. The number of nitrogens with zero attached hydrogens (tertiary/aromatic N) is 2. The predicted octanol–water partition coefficient (Wildman–Crippen LogP) is 4.45. The lowest BCUT2D eigenvalue weighted by molar-refractivity contribution is -0.121. The molecule has 0 atom stereocenters. The molecule has 1 N–H and O–H groups in total. The molecule has 0 unspecified atom stereocenters. The maximum atomic E-state index is 13.2. The maximum Gasteiger partial charge on any atom is 0.255 e. The van der Waals surface area contributed by atoms with E-state index in [1.54, 1.807) is 43.5 Å². The minimum absolute atomic E-state index is 0.00779. The van der Waals surface area contributed by atoms with Gasteiger partial charge in [-0.2, -0.15) is 9.41 Å². The molecule has 0 saturated carbocycles. The molecule has 0 aliphatic carbocycles. The Labute approximate surface area is 206 Å². The molecule has 3 rings (SSSR count). The molecule has 33 heavy (non-hydrogen) atoms. The molecule has 0 aromatic heterocycles. The molecule has 0 bridgehead atoms. The Morgan fingerprint density at radius 2 is 1.70 bits per heavy atom. The van der Waals surface area contributed by atoms with Crippen LogP contribution in [0.15, 0.2) is 87.3 Å². The lowest BCUT2D eigenvalue weighted by Crippen LogP contribution is -2.39. The highest BCUT2D eigenvalue weighted by atomic mass is 79.9. The SMILES string of the molecule is COc1ccc(/C=N\NC(=O)CN(Cc2ccc(Br)cc2)S(=O)(=O)c2ccc(Cl)cc2)cc1. The molecule has 1 amide bonds. The average molecular weight is 551 g/mol. The Hall–Kier alpha value is -2.72. The van der Waals surface area contributed by atoms with Crippen LogP contribution < -0.4 is 10.2 Å². The van der Waals surface area contributed by atoms with Crippen LogP contribution in [0.25, 0.3) is 0 Å². The van der Waals surface area contributed by atoms with Gasteiger partial charge in [0.05, 0.1) is 24.8 Å². The van der Waals surface area contributed by atoms with Gasteiger partial charge >= 0.3 is 0 Å². The second kappa shape index (κ2) is 11.4. The molecule has 0 spiro atoms. The molecule has 3 aromatic rings. The third-order valence-electron chi connectivity index (χ3n) is 4.56. The van der Waals surface area contributed by atoms with E-state index in [1.165, 1.54) is 30.5 Å². The number of hydrazone groups is 1. The van der Waals surface area contributed by atoms with Gasteiger partial charge in [0.1, 0.15) is 5.75 Å². The summed E-state index contributed by atoms with van der Waals surface area (Å²) in [7, 11) is -2.40. The largest absolute Gasteiger partial charge is 0.497 e. The molecule has 0 radical (unpaired) electrons. The molecule has 0 aliphatic rings. The minimum Gasteiger partial charge on any atom is -0.497 e. The summed E-state index contributed by atoms with van der Waals surface area (Å²) in [4.78, 5) is 12.6. The monoisotopic (exact) mass is 549 g/mol. The van der Waals surface area contributed by atoms with Crippen LogP contribution in [0, 0.1) is 0 Å². The third kappa shape index (κ3) is 7.13. The lowest BCUT2D eigenvalue weighted by atomic mass is 10.2. The molecule has 0 fully saturated rings. The fourth-order valence-corrected chi connectivity index (χ4v) is 4.61. The maximum absolute atomic E-state index is 13.2. The molecule has 0 heterocycles. The highest BCUT2D eigenvalue weighted by molar-refractivity contribution is 9.10. The smallest absolute Gasteiger partial charge is 0.255 e. The van der Waals surface area contributed by atoms with E-state index in [0.29, 0.717) is 10.8 Å². The molecule has 0 aliphatic heterocycles. The van der Waals surface area contributed by atoms with E-state index in [-0.39, 0.29) is 11.4 Å². The summed E-state index contributed by atoms with van der Waals surface area (Å²) in [6, 6.07) is 20.1. The van der Waals surface area contributed by atoms with Crippen molar-refractivity contribution in [3.63, 3.8) is 0 Å². The summed E-state index contributed by atoms with van der Waals surface area (Å²) in [5, 5.41) is 4.34. The second-order valence-electron chi connectivity index (χ2n) is 6.92. The number of methoxy groups -OCH3 is 1. The van der Waals surface area contributed by atoms with E-state index in [1.807, 2.05) is 12.1 Å². The van der Waals surface area contributed by atoms with Crippen molar-refractivity contribution >= 4 is 49.7 Å². The number of benzene rings is 3. The number of nitrogens with one attached hydrogen (secondary N) is 1. The van der Waals surface area contributed by atoms with Crippen molar-refractivity contribution in [3.05, 3.63) is 93.4 Å². The van der Waals surface area contributed by atoms with Gasteiger partial charge in [0.25, 0.3) is 5.91 Å². The van der Waals surface area contributed by atoms with Crippen LogP contribution in [0.5, 0.6) is 5.75 Å². The van der Waals surface area contributed by atoms with Crippen LogP contribution in [0.1, 0.15) is 11.1 Å². The zero-order chi connectivity index (χ0) is 23.8. The molecule has 7 nitrogen and oxygen atoms in total. The summed E-state index contributed by atoms with van der Waals surface area (Å²) in [6.45, 7) is -0.408. The fourth-order valence-electron chi connectivity index (χ4n) is 2.84. The van der Waals surface area contributed by atoms with Crippen molar-refractivity contribution in [2.24, 2.45) is 5.10 Å². The normalized spacial score (nSPS) is 11.6. The number of sulfonamides is 1. The first-order chi connectivity index (χ1) is 15.8. The summed E-state index contributed by atoms with van der Waals surface area (Å²) >= 11 is 9.25. The van der Waals surface area contributed by atoms with Gasteiger partial charge in [0, 0.05) is 16.0 Å². The summed E-state index contributed by atoms with van der Waals surface area (Å²) < 4.78 is 33.6. The highest BCUT2D eigenvalue weighted by Gasteiger charge is 2.27. The first-order valence-corrected chi connectivity index (χ1v) is 12.3. The van der Waals surface area contributed by atoms with Crippen LogP contribution in [-0.2, 0) is 21.4 Å². The van der Waals surface area contributed by atoms with E-state index in [0.717, 1.165) is 19.9 Å². The molecular formula is C23H21BrClN3O4S. The first-order valence-electron chi connectivity index (χ1n) is 9.74. The van der Waals surface area contributed by atoms with Gasteiger partial charge in [-0.1, -0.05) is 39.7 Å². The van der Waals surface area contributed by atoms with Crippen molar-refractivity contribution < 1.29 is 17.9 Å². The first kappa shape index (κ1) is 24.9. The molecule has 3 aromatic carbocycles. The van der Waals surface area contributed by atoms with Crippen molar-refractivity contribution in [3.8, 4) is 5.75 Å². The van der Waals surface area contributed by atoms with Gasteiger partial charge in [-0.15, -0.1) is 0 Å². The lowest BCUT2D eigenvalue weighted by Gasteiger charge is -2.21. The van der Waals surface area contributed by atoms with Gasteiger partial charge in [-0.25, -0.2) is 13.8 Å². The number of ether oxygens (including phenoxy) is 1. The fraction of sp³-hybridized carbons (Fsp3) is 0.130. The van der Waals surface area contributed by atoms with Gasteiger partial charge in [0.15, 0.2) is 0 Å². The Morgan fingerprint density at radius 1 is 1.06 bits per heavy atom. The molecule has 172 valence electrons. The Kier molecular flexibility index (Phi) is 8.62. The molecular weight excluding hydrogens is 530 g/mol. The topological polar surface area (TPSA) is 88.1 Å². The van der Waals surface area contributed by atoms with E-state index in [4.69, 9.17) is 16.3 Å². The Bertz CT molecular complexity index is 1220. The predicted molar refractivity (Wildman–Crippen MR) is 132 cm³/mol. The number of rotatable bonds is 9. The van der Waals surface area contributed by atoms with Crippen molar-refractivity contribution in [2.45, 2.75) is 11.4 Å². The van der Waals surface area contributed by atoms with Gasteiger partial charge in [0.2, 0.25) is 10.0 Å². The Balaban J connectivity index is 1.76. The number of hydrogen-bond acceptors (Lipinski definition) is 5. The standard InChI is InChI=1S/C23H21BrClN3O4S/c1-32-21-10-4-17(5-11-21)14-26-27-23(29)16-28(15-18-2-6-19(24)7-3-18)33(30,31)22-12-8-20(25)9-13-22/h2-14H,15-16H2,1H3,(H,27,29)/b26-14-. The number of hydrogen-bond donors (Lipinski definition) is 1. The van der Waals surface area contributed by atoms with E-state index in [2.05, 4.69) is 26.5 Å². The quantitative estimate of drug-likeness (QED) is 0.315. The van der Waals surface area contributed by atoms with Crippen molar-refractivity contribution in [1.29, 1.82) is 0 Å². The van der Waals surface area contributed by atoms with Crippen LogP contribution in [-0.4, -0.2) is 38.5 Å². The van der Waals surface area contributed by atoms with E-state index in [9.17, 15) is 13.2 Å². The van der Waals surface area contributed by atoms with Gasteiger partial charge in [-0.3, -0.25) is 4.79 Å². The minimum atomic E-state index is -3.97. The van der Waals surface area contributed by atoms with E-state index < -0.39 is 22.5 Å². The van der Waals surface area contributed by atoms with Crippen LogP contribution in [0.4, 0.5) is 0 Å². The van der Waals surface area contributed by atoms with Crippen LogP contribution >= 0.6 is 27.5 Å². The zero-order valence-corrected chi connectivity index (χ0v) is 20.8. The van der Waals surface area contributed by atoms with Crippen molar-refractivity contribution in [2.75, 3.05) is 13.7 Å². The number of carbonyl (C=O) groups excluding carboxylic acids is 1. The summed E-state index contributed by atoms with van der Waals surface area (Å²) in [5.41, 5.74) is 3.86. The Morgan fingerprint density at radius 3 is 2.30 bits per heavy atom. The van der Waals surface area contributed by atoms with Crippen molar-refractivity contribution in [1.82, 2.24) is 9.73 Å². The number of carbonyl (C=O) groups is 1. The number of halogens is 2. The highest BCUT2D eigenvalue weighted by Crippen LogP contribution is 2.21.